The van der Waals surface area contributed by atoms with Crippen molar-refractivity contribution in [1.82, 2.24) is 15.1 Å². The third-order valence-electron chi connectivity index (χ3n) is 6.30. The molecule has 1 heterocycles. The van der Waals surface area contributed by atoms with Crippen molar-refractivity contribution in [2.24, 2.45) is 0 Å². The average Bonchev–Trinajstić information content (AvgIpc) is 2.64. The van der Waals surface area contributed by atoms with Crippen molar-refractivity contribution in [3.05, 3.63) is 29.8 Å². The highest BCUT2D eigenvalue weighted by Crippen LogP contribution is 2.37. The molecule has 0 aliphatic carbocycles. The smallest absolute Gasteiger partial charge is 0.408 e. The second-order valence-corrected chi connectivity index (χ2v) is 16.0. The summed E-state index contributed by atoms with van der Waals surface area (Å²) in [5.74, 6) is 0.811. The molecule has 1 fully saturated rings. The van der Waals surface area contributed by atoms with Crippen LogP contribution in [0.3, 0.4) is 0 Å². The van der Waals surface area contributed by atoms with E-state index in [0.29, 0.717) is 0 Å². The van der Waals surface area contributed by atoms with Gasteiger partial charge in [-0.15, -0.1) is 0 Å². The number of nitrogens with one attached hydrogen (secondary N) is 1. The van der Waals surface area contributed by atoms with Gasteiger partial charge in [0.2, 0.25) is 8.32 Å². The highest BCUT2D eigenvalue weighted by atomic mass is 28.4. The summed E-state index contributed by atoms with van der Waals surface area (Å²) in [6.07, 6.45) is -1.40. The van der Waals surface area contributed by atoms with Crippen LogP contribution in [0, 0.1) is 0 Å². The van der Waals surface area contributed by atoms with Gasteiger partial charge in [0.25, 0.3) is 0 Å². The Morgan fingerprint density at radius 3 is 2.03 bits per heavy atom. The Hall–Kier alpha value is -1.61. The Kier molecular flexibility index (Phi) is 8.42. The molecule has 182 valence electrons. The summed E-state index contributed by atoms with van der Waals surface area (Å²) in [6.45, 7) is 19.7. The van der Waals surface area contributed by atoms with Gasteiger partial charge in [-0.05, 0) is 63.6 Å². The predicted octanol–water partition coefficient (Wildman–Crippen LogP) is 4.20. The van der Waals surface area contributed by atoms with E-state index in [2.05, 4.69) is 51.1 Å². The van der Waals surface area contributed by atoms with E-state index >= 15 is 0 Å². The molecule has 1 amide bonds. The molecule has 1 aliphatic rings. The summed E-state index contributed by atoms with van der Waals surface area (Å²) in [5, 5.41) is 14.2. The fourth-order valence-corrected chi connectivity index (χ4v) is 4.28. The number of amides is 1. The van der Waals surface area contributed by atoms with E-state index in [9.17, 15) is 9.90 Å². The lowest BCUT2D eigenvalue weighted by molar-refractivity contribution is -0.0473. The summed E-state index contributed by atoms with van der Waals surface area (Å²) >= 11 is 0. The first-order valence-corrected chi connectivity index (χ1v) is 14.4. The molecule has 1 saturated heterocycles. The van der Waals surface area contributed by atoms with Crippen molar-refractivity contribution in [2.45, 2.75) is 77.5 Å². The maximum absolute atomic E-state index is 12.6. The molecule has 0 unspecified atom stereocenters. The molecule has 0 spiro atoms. The lowest BCUT2D eigenvalue weighted by Gasteiger charge is -2.39. The van der Waals surface area contributed by atoms with Gasteiger partial charge in [0.05, 0.1) is 6.04 Å². The Balaban J connectivity index is 2.23. The van der Waals surface area contributed by atoms with Crippen LogP contribution in [0.25, 0.3) is 0 Å². The molecule has 0 aromatic heterocycles. The van der Waals surface area contributed by atoms with Crippen molar-refractivity contribution in [3.8, 4) is 5.75 Å². The first-order valence-electron chi connectivity index (χ1n) is 11.5. The fraction of sp³-hybridized carbons (Fsp3) is 0.708. The SMILES string of the molecule is CN1CCN([C@H](O)[C@H](NC(=O)OC(C)(C)C)c2ccc(O[Si](C)(C)C(C)(C)C)cc2)CC1. The maximum Gasteiger partial charge on any atom is 0.408 e. The molecule has 32 heavy (non-hydrogen) atoms. The summed E-state index contributed by atoms with van der Waals surface area (Å²) < 4.78 is 11.8. The van der Waals surface area contributed by atoms with E-state index < -0.39 is 32.3 Å². The number of piperazine rings is 1. The molecule has 7 nitrogen and oxygen atoms in total. The third kappa shape index (κ3) is 7.47. The second-order valence-electron chi connectivity index (χ2n) is 11.3. The number of alkyl carbamates (subject to hydrolysis) is 1. The minimum absolute atomic E-state index is 0.101. The van der Waals surface area contributed by atoms with E-state index in [1.165, 1.54) is 0 Å². The van der Waals surface area contributed by atoms with Gasteiger partial charge in [0.1, 0.15) is 17.6 Å². The number of ether oxygens (including phenoxy) is 1. The molecule has 1 aromatic rings. The van der Waals surface area contributed by atoms with Crippen LogP contribution in [0.1, 0.15) is 53.1 Å². The Morgan fingerprint density at radius 1 is 1.03 bits per heavy atom. The first-order chi connectivity index (χ1) is 14.6. The predicted molar refractivity (Wildman–Crippen MR) is 131 cm³/mol. The number of hydrogen-bond donors (Lipinski definition) is 2. The zero-order chi connectivity index (χ0) is 24.3. The van der Waals surface area contributed by atoms with Crippen LogP contribution in [-0.4, -0.2) is 74.4 Å². The van der Waals surface area contributed by atoms with Crippen molar-refractivity contribution < 1.29 is 19.1 Å². The number of aliphatic hydroxyl groups is 1. The van der Waals surface area contributed by atoms with Crippen LogP contribution in [0.5, 0.6) is 5.75 Å². The first kappa shape index (κ1) is 26.6. The van der Waals surface area contributed by atoms with E-state index in [-0.39, 0.29) is 5.04 Å². The molecule has 2 rings (SSSR count). The Labute approximate surface area is 195 Å². The standard InChI is InChI=1S/C24H43N3O4Si/c1-23(2,3)30-22(29)25-20(21(28)27-16-14-26(7)15-17-27)18-10-12-19(13-11-18)31-32(8,9)24(4,5)6/h10-13,20-21,28H,14-17H2,1-9H3,(H,25,29)/t20-,21-/m1/s1. The van der Waals surface area contributed by atoms with Crippen molar-refractivity contribution in [3.63, 3.8) is 0 Å². The molecule has 2 atom stereocenters. The van der Waals surface area contributed by atoms with Crippen molar-refractivity contribution >= 4 is 14.4 Å². The van der Waals surface area contributed by atoms with E-state index in [4.69, 9.17) is 9.16 Å². The third-order valence-corrected chi connectivity index (χ3v) is 10.7. The fourth-order valence-electron chi connectivity index (χ4n) is 3.25. The van der Waals surface area contributed by atoms with Crippen molar-refractivity contribution in [2.75, 3.05) is 33.2 Å². The zero-order valence-corrected chi connectivity index (χ0v) is 22.4. The molecule has 0 radical (unpaired) electrons. The van der Waals surface area contributed by atoms with Gasteiger partial charge in [0, 0.05) is 26.2 Å². The van der Waals surface area contributed by atoms with E-state index in [0.717, 1.165) is 37.5 Å². The maximum atomic E-state index is 12.6. The highest BCUT2D eigenvalue weighted by Gasteiger charge is 2.39. The molecular formula is C24H43N3O4Si. The van der Waals surface area contributed by atoms with Crippen molar-refractivity contribution in [1.29, 1.82) is 0 Å². The summed E-state index contributed by atoms with van der Waals surface area (Å²) in [5.41, 5.74) is 0.193. The topological polar surface area (TPSA) is 74.3 Å². The van der Waals surface area contributed by atoms with Gasteiger partial charge in [-0.2, -0.15) is 0 Å². The van der Waals surface area contributed by atoms with Gasteiger partial charge < -0.3 is 24.5 Å². The number of likely N-dealkylation sites (N-methyl/N-ethyl adjacent to an activating group) is 1. The number of carbonyl (C=O) groups is 1. The minimum Gasteiger partial charge on any atom is -0.544 e. The number of aliphatic hydroxyl groups excluding tert-OH is 1. The van der Waals surface area contributed by atoms with Crippen LogP contribution in [-0.2, 0) is 4.74 Å². The lowest BCUT2D eigenvalue weighted by Crippen LogP contribution is -2.53. The number of rotatable bonds is 6. The number of carbonyl (C=O) groups excluding carboxylic acids is 1. The van der Waals surface area contributed by atoms with Crippen LogP contribution in [0.4, 0.5) is 4.79 Å². The Bertz CT molecular complexity index is 748. The van der Waals surface area contributed by atoms with E-state index in [1.54, 1.807) is 0 Å². The monoisotopic (exact) mass is 465 g/mol. The Morgan fingerprint density at radius 2 is 1.56 bits per heavy atom. The van der Waals surface area contributed by atoms with E-state index in [1.807, 2.05) is 49.9 Å². The molecule has 2 N–H and O–H groups in total. The lowest BCUT2D eigenvalue weighted by atomic mass is 10.0. The molecule has 8 heteroatoms. The summed E-state index contributed by atoms with van der Waals surface area (Å²) in [7, 11) is 0.120. The van der Waals surface area contributed by atoms with Crippen LogP contribution >= 0.6 is 0 Å². The van der Waals surface area contributed by atoms with Gasteiger partial charge in [0.15, 0.2) is 0 Å². The summed E-state index contributed by atoms with van der Waals surface area (Å²) in [6, 6.07) is 7.08. The summed E-state index contributed by atoms with van der Waals surface area (Å²) in [4.78, 5) is 16.8. The second kappa shape index (κ2) is 10.1. The molecule has 1 aliphatic heterocycles. The number of benzene rings is 1. The van der Waals surface area contributed by atoms with Gasteiger partial charge >= 0.3 is 6.09 Å². The quantitative estimate of drug-likeness (QED) is 0.613. The number of nitrogens with zero attached hydrogens (tertiary/aromatic N) is 2. The van der Waals surface area contributed by atoms with Gasteiger partial charge in [-0.25, -0.2) is 4.79 Å². The minimum atomic E-state index is -1.95. The average molecular weight is 466 g/mol. The highest BCUT2D eigenvalue weighted by molar-refractivity contribution is 6.74. The molecule has 1 aromatic carbocycles. The van der Waals surface area contributed by atoms with Crippen LogP contribution in [0.15, 0.2) is 24.3 Å². The number of hydrogen-bond acceptors (Lipinski definition) is 6. The van der Waals surface area contributed by atoms with Crippen LogP contribution in [0.2, 0.25) is 18.1 Å². The molecular weight excluding hydrogens is 422 g/mol. The van der Waals surface area contributed by atoms with Gasteiger partial charge in [-0.1, -0.05) is 32.9 Å². The zero-order valence-electron chi connectivity index (χ0n) is 21.4. The molecule has 0 saturated carbocycles. The largest absolute Gasteiger partial charge is 0.544 e. The van der Waals surface area contributed by atoms with Gasteiger partial charge in [-0.3, -0.25) is 4.90 Å². The normalized spacial score (nSPS) is 18.7. The molecule has 0 bridgehead atoms. The van der Waals surface area contributed by atoms with Crippen LogP contribution < -0.4 is 9.74 Å².